The minimum Gasteiger partial charge on any atom is -0.456 e. The average molecular weight is 713 g/mol. The molecule has 0 atom stereocenters. The van der Waals surface area contributed by atoms with E-state index in [-0.39, 0.29) is 0 Å². The third-order valence-electron chi connectivity index (χ3n) is 11.7. The highest BCUT2D eigenvalue weighted by molar-refractivity contribution is 6.26. The summed E-state index contributed by atoms with van der Waals surface area (Å²) in [6.45, 7) is 0. The largest absolute Gasteiger partial charge is 0.456 e. The molecule has 260 valence electrons. The Morgan fingerprint density at radius 2 is 0.518 bits per heavy atom. The third kappa shape index (κ3) is 4.50. The molecule has 0 spiro atoms. The zero-order valence-electron chi connectivity index (χ0n) is 30.3. The summed E-state index contributed by atoms with van der Waals surface area (Å²) in [5, 5.41) is 14.1. The lowest BCUT2D eigenvalue weighted by molar-refractivity contribution is 0.632. The molecular formula is C54H32O2. The fraction of sp³-hybridized carbons (Fsp3) is 0. The smallest absolute Gasteiger partial charge is 0.136 e. The van der Waals surface area contributed by atoms with Gasteiger partial charge in [0.05, 0.1) is 0 Å². The van der Waals surface area contributed by atoms with E-state index in [1.807, 2.05) is 24.3 Å². The summed E-state index contributed by atoms with van der Waals surface area (Å²) in [4.78, 5) is 0. The van der Waals surface area contributed by atoms with Gasteiger partial charge in [0, 0.05) is 21.9 Å². The van der Waals surface area contributed by atoms with Crippen molar-refractivity contribution in [2.45, 2.75) is 0 Å². The Hall–Kier alpha value is -7.42. The maximum Gasteiger partial charge on any atom is 0.136 e. The van der Waals surface area contributed by atoms with E-state index in [1.165, 1.54) is 76.1 Å². The highest BCUT2D eigenvalue weighted by Crippen LogP contribution is 2.49. The predicted molar refractivity (Wildman–Crippen MR) is 235 cm³/mol. The Bertz CT molecular complexity index is 3130. The molecule has 12 rings (SSSR count). The van der Waals surface area contributed by atoms with E-state index < -0.39 is 0 Å². The average Bonchev–Trinajstić information content (AvgIpc) is 3.89. The molecule has 0 aliphatic heterocycles. The molecule has 2 aromatic heterocycles. The molecule has 0 saturated carbocycles. The molecule has 0 aliphatic carbocycles. The van der Waals surface area contributed by atoms with Crippen LogP contribution in [0.25, 0.3) is 121 Å². The molecule has 0 bridgehead atoms. The highest BCUT2D eigenvalue weighted by atomic mass is 16.3. The molecule has 0 saturated heterocycles. The number of furan rings is 2. The molecule has 56 heavy (non-hydrogen) atoms. The highest BCUT2D eigenvalue weighted by Gasteiger charge is 2.23. The fourth-order valence-electron chi connectivity index (χ4n) is 9.32. The number of rotatable bonds is 4. The first kappa shape index (κ1) is 31.0. The van der Waals surface area contributed by atoms with Crippen molar-refractivity contribution < 1.29 is 8.83 Å². The number of para-hydroxylation sites is 2. The molecule has 0 amide bonds. The van der Waals surface area contributed by atoms with Gasteiger partial charge in [-0.15, -0.1) is 0 Å². The predicted octanol–water partition coefficient (Wildman–Crippen LogP) is 15.6. The quantitative estimate of drug-likeness (QED) is 0.170. The summed E-state index contributed by atoms with van der Waals surface area (Å²) in [6, 6.07) is 69.7. The maximum atomic E-state index is 6.57. The second kappa shape index (κ2) is 12.0. The van der Waals surface area contributed by atoms with Gasteiger partial charge in [-0.3, -0.25) is 0 Å². The van der Waals surface area contributed by atoms with Crippen molar-refractivity contribution in [3.05, 3.63) is 194 Å². The third-order valence-corrected chi connectivity index (χ3v) is 11.7. The van der Waals surface area contributed by atoms with Crippen molar-refractivity contribution in [3.8, 4) is 44.9 Å². The van der Waals surface area contributed by atoms with Crippen LogP contribution in [0.4, 0.5) is 0 Å². The Kier molecular flexibility index (Phi) is 6.66. The first-order valence-electron chi connectivity index (χ1n) is 19.2. The summed E-state index contributed by atoms with van der Waals surface area (Å²) in [6.07, 6.45) is 0. The minimum atomic E-state index is 0.884. The number of benzene rings is 10. The number of hydrogen-bond donors (Lipinski definition) is 0. The molecule has 0 unspecified atom stereocenters. The summed E-state index contributed by atoms with van der Waals surface area (Å²) >= 11 is 0. The van der Waals surface area contributed by atoms with Crippen molar-refractivity contribution in [1.29, 1.82) is 0 Å². The van der Waals surface area contributed by atoms with Gasteiger partial charge in [-0.05, 0) is 100 Å². The molecule has 2 heteroatoms. The van der Waals surface area contributed by atoms with Crippen LogP contribution in [0.15, 0.2) is 203 Å². The number of hydrogen-bond acceptors (Lipinski definition) is 2. The topological polar surface area (TPSA) is 26.3 Å². The monoisotopic (exact) mass is 712 g/mol. The normalized spacial score (nSPS) is 11.9. The van der Waals surface area contributed by atoms with Crippen LogP contribution in [0, 0.1) is 0 Å². The van der Waals surface area contributed by atoms with E-state index in [4.69, 9.17) is 8.83 Å². The van der Waals surface area contributed by atoms with Gasteiger partial charge in [0.1, 0.15) is 22.7 Å². The van der Waals surface area contributed by atoms with Crippen LogP contribution in [0.1, 0.15) is 0 Å². The lowest BCUT2D eigenvalue weighted by Gasteiger charge is -2.20. The van der Waals surface area contributed by atoms with E-state index in [1.54, 1.807) is 0 Å². The van der Waals surface area contributed by atoms with Gasteiger partial charge in [-0.1, -0.05) is 170 Å². The van der Waals surface area contributed by atoms with Crippen molar-refractivity contribution >= 4 is 75.8 Å². The standard InChI is InChI=1S/C54H32O2/c1-11-29-47-33(15-1)31-49(55-47)53-43-21-7-3-17-39(43)51(40-18-4-8-22-44(40)53)37-27-13-26-36-35(37)25-14-28-38(36)52-41-19-5-9-23-45(41)54(46-24-10-6-20-42(46)52)50-32-34-16-2-12-30-48(34)56-50/h1-32H. The molecule has 0 radical (unpaired) electrons. The van der Waals surface area contributed by atoms with Gasteiger partial charge in [-0.25, -0.2) is 0 Å². The SMILES string of the molecule is c1ccc2oc(-c3c4ccccc4c(-c4cccc5c(-c6c7ccccc7c(-c7cc8ccccc8o7)c7ccccc67)cccc45)c4ccccc34)cc2c1. The Morgan fingerprint density at radius 3 is 0.857 bits per heavy atom. The van der Waals surface area contributed by atoms with Gasteiger partial charge < -0.3 is 8.83 Å². The van der Waals surface area contributed by atoms with Crippen LogP contribution >= 0.6 is 0 Å². The second-order valence-corrected chi connectivity index (χ2v) is 14.7. The van der Waals surface area contributed by atoms with E-state index in [0.717, 1.165) is 44.6 Å². The molecule has 0 aliphatic rings. The minimum absolute atomic E-state index is 0.884. The first-order chi connectivity index (χ1) is 27.8. The first-order valence-corrected chi connectivity index (χ1v) is 19.2. The van der Waals surface area contributed by atoms with Crippen LogP contribution in [-0.4, -0.2) is 0 Å². The van der Waals surface area contributed by atoms with E-state index >= 15 is 0 Å². The van der Waals surface area contributed by atoms with Gasteiger partial charge in [0.25, 0.3) is 0 Å². The lowest BCUT2D eigenvalue weighted by Crippen LogP contribution is -1.93. The summed E-state index contributed by atoms with van der Waals surface area (Å²) in [5.41, 5.74) is 8.92. The molecule has 2 heterocycles. The van der Waals surface area contributed by atoms with Crippen molar-refractivity contribution in [1.82, 2.24) is 0 Å². The van der Waals surface area contributed by atoms with Crippen molar-refractivity contribution in [2.24, 2.45) is 0 Å². The molecule has 10 aromatic carbocycles. The van der Waals surface area contributed by atoms with E-state index in [2.05, 4.69) is 170 Å². The maximum absolute atomic E-state index is 6.57. The fourth-order valence-corrected chi connectivity index (χ4v) is 9.32. The Morgan fingerprint density at radius 1 is 0.232 bits per heavy atom. The summed E-state index contributed by atoms with van der Waals surface area (Å²) < 4.78 is 13.1. The van der Waals surface area contributed by atoms with E-state index in [9.17, 15) is 0 Å². The van der Waals surface area contributed by atoms with Crippen LogP contribution in [0.5, 0.6) is 0 Å². The van der Waals surface area contributed by atoms with Gasteiger partial charge >= 0.3 is 0 Å². The van der Waals surface area contributed by atoms with Gasteiger partial charge in [0.15, 0.2) is 0 Å². The molecule has 0 fully saturated rings. The van der Waals surface area contributed by atoms with Crippen LogP contribution in [-0.2, 0) is 0 Å². The second-order valence-electron chi connectivity index (χ2n) is 14.7. The van der Waals surface area contributed by atoms with Crippen LogP contribution < -0.4 is 0 Å². The van der Waals surface area contributed by atoms with Crippen molar-refractivity contribution in [2.75, 3.05) is 0 Å². The number of fused-ring (bicyclic) bond motifs is 7. The molecular weight excluding hydrogens is 681 g/mol. The molecule has 2 nitrogen and oxygen atoms in total. The van der Waals surface area contributed by atoms with Crippen LogP contribution in [0.3, 0.4) is 0 Å². The zero-order valence-corrected chi connectivity index (χ0v) is 30.3. The Balaban J connectivity index is 1.15. The summed E-state index contributed by atoms with van der Waals surface area (Å²) in [5.74, 6) is 1.77. The summed E-state index contributed by atoms with van der Waals surface area (Å²) in [7, 11) is 0. The van der Waals surface area contributed by atoms with Crippen LogP contribution in [0.2, 0.25) is 0 Å². The molecule has 0 N–H and O–H groups in total. The zero-order chi connectivity index (χ0) is 36.7. The van der Waals surface area contributed by atoms with E-state index in [0.29, 0.717) is 0 Å². The molecule has 12 aromatic rings. The Labute approximate surface area is 322 Å². The van der Waals surface area contributed by atoms with Gasteiger partial charge in [0.2, 0.25) is 0 Å². The van der Waals surface area contributed by atoms with Gasteiger partial charge in [-0.2, -0.15) is 0 Å². The van der Waals surface area contributed by atoms with Crippen molar-refractivity contribution in [3.63, 3.8) is 0 Å². The lowest BCUT2D eigenvalue weighted by atomic mass is 9.83.